The second-order valence-electron chi connectivity index (χ2n) is 8.67. The molecule has 0 saturated carbocycles. The molecule has 0 aliphatic heterocycles. The molecule has 2 aromatic heterocycles. The van der Waals surface area contributed by atoms with Crippen molar-refractivity contribution in [2.75, 3.05) is 0 Å². The van der Waals surface area contributed by atoms with Crippen molar-refractivity contribution >= 4 is 43.6 Å². The van der Waals surface area contributed by atoms with Gasteiger partial charge in [0.2, 0.25) is 0 Å². The van der Waals surface area contributed by atoms with Gasteiger partial charge in [0.15, 0.2) is 0 Å². The summed E-state index contributed by atoms with van der Waals surface area (Å²) in [7, 11) is 0. The Kier molecular flexibility index (Phi) is 3.80. The summed E-state index contributed by atoms with van der Waals surface area (Å²) in [5.41, 5.74) is 8.67. The number of para-hydroxylation sites is 4. The molecule has 0 fully saturated rings. The van der Waals surface area contributed by atoms with Crippen LogP contribution < -0.4 is 0 Å². The monoisotopic (exact) mass is 422 g/mol. The summed E-state index contributed by atoms with van der Waals surface area (Å²) in [6.07, 6.45) is 0. The van der Waals surface area contributed by atoms with Crippen LogP contribution in [0.5, 0.6) is 0 Å². The first kappa shape index (κ1) is 18.3. The summed E-state index contributed by atoms with van der Waals surface area (Å²) in [5, 5.41) is 5.26. The zero-order valence-electron chi connectivity index (χ0n) is 18.4. The van der Waals surface area contributed by atoms with Crippen LogP contribution in [0, 0.1) is 6.92 Å². The SMILES string of the molecule is Cc1c2c3ccccc3n(-c3ccccc3)c2cc2c1c1ccccc1n2-c1ccccc1. The molecule has 7 rings (SSSR count). The van der Waals surface area contributed by atoms with Crippen LogP contribution >= 0.6 is 0 Å². The first-order chi connectivity index (χ1) is 16.3. The van der Waals surface area contributed by atoms with Crippen LogP contribution in [0.2, 0.25) is 0 Å². The van der Waals surface area contributed by atoms with Crippen LogP contribution in [0.3, 0.4) is 0 Å². The van der Waals surface area contributed by atoms with Crippen molar-refractivity contribution in [2.24, 2.45) is 0 Å². The minimum Gasteiger partial charge on any atom is -0.309 e. The predicted octanol–water partition coefficient (Wildman–Crippen LogP) is 8.19. The molecule has 2 nitrogen and oxygen atoms in total. The van der Waals surface area contributed by atoms with Crippen molar-refractivity contribution in [3.63, 3.8) is 0 Å². The van der Waals surface area contributed by atoms with E-state index < -0.39 is 0 Å². The molecular formula is C31H22N2. The standard InChI is InChI=1S/C31H22N2/c1-21-30-24-16-8-10-18-26(24)32(22-12-4-2-5-13-22)28(30)20-29-31(21)25-17-9-11-19-27(25)33(29)23-14-6-3-7-15-23/h2-20H,1H3. The zero-order chi connectivity index (χ0) is 21.9. The molecule has 2 heteroatoms. The number of aryl methyl sites for hydroxylation is 1. The fourth-order valence-corrected chi connectivity index (χ4v) is 5.55. The van der Waals surface area contributed by atoms with Crippen LogP contribution in [0.25, 0.3) is 55.0 Å². The average molecular weight is 423 g/mol. The third-order valence-electron chi connectivity index (χ3n) is 6.87. The highest BCUT2D eigenvalue weighted by Crippen LogP contribution is 2.42. The Bertz CT molecular complexity index is 1670. The number of hydrogen-bond acceptors (Lipinski definition) is 0. The first-order valence-corrected chi connectivity index (χ1v) is 11.4. The molecule has 0 bridgehead atoms. The van der Waals surface area contributed by atoms with E-state index in [0.29, 0.717) is 0 Å². The van der Waals surface area contributed by atoms with E-state index in [-0.39, 0.29) is 0 Å². The number of nitrogens with zero attached hydrogens (tertiary/aromatic N) is 2. The summed E-state index contributed by atoms with van der Waals surface area (Å²) in [4.78, 5) is 0. The van der Waals surface area contributed by atoms with Crippen LogP contribution in [0.4, 0.5) is 0 Å². The quantitative estimate of drug-likeness (QED) is 0.266. The minimum atomic E-state index is 1.19. The van der Waals surface area contributed by atoms with Crippen LogP contribution in [-0.2, 0) is 0 Å². The van der Waals surface area contributed by atoms with E-state index in [0.717, 1.165) is 0 Å². The van der Waals surface area contributed by atoms with Gasteiger partial charge in [0.25, 0.3) is 0 Å². The number of hydrogen-bond donors (Lipinski definition) is 0. The number of fused-ring (bicyclic) bond motifs is 6. The van der Waals surface area contributed by atoms with Crippen molar-refractivity contribution in [1.29, 1.82) is 0 Å². The summed E-state index contributed by atoms with van der Waals surface area (Å²) in [6, 6.07) is 41.3. The third kappa shape index (κ3) is 2.49. The Labute approximate surface area is 191 Å². The molecule has 0 aliphatic rings. The van der Waals surface area contributed by atoms with E-state index in [2.05, 4.69) is 131 Å². The van der Waals surface area contributed by atoms with Crippen LogP contribution in [0.1, 0.15) is 5.56 Å². The molecule has 0 spiro atoms. The molecular weight excluding hydrogens is 400 g/mol. The largest absolute Gasteiger partial charge is 0.309 e. The molecule has 7 aromatic rings. The van der Waals surface area contributed by atoms with Crippen molar-refractivity contribution in [3.8, 4) is 11.4 Å². The van der Waals surface area contributed by atoms with Crippen molar-refractivity contribution in [1.82, 2.24) is 9.13 Å². The van der Waals surface area contributed by atoms with E-state index in [1.54, 1.807) is 0 Å². The van der Waals surface area contributed by atoms with Crippen LogP contribution in [-0.4, -0.2) is 9.13 Å². The van der Waals surface area contributed by atoms with Gasteiger partial charge >= 0.3 is 0 Å². The number of rotatable bonds is 2. The number of aromatic nitrogens is 2. The minimum absolute atomic E-state index is 1.19. The molecule has 0 saturated heterocycles. The summed E-state index contributed by atoms with van der Waals surface area (Å²) < 4.78 is 4.81. The first-order valence-electron chi connectivity index (χ1n) is 11.4. The molecule has 33 heavy (non-hydrogen) atoms. The molecule has 0 unspecified atom stereocenters. The van der Waals surface area contributed by atoms with Gasteiger partial charge in [0.05, 0.1) is 22.1 Å². The van der Waals surface area contributed by atoms with Gasteiger partial charge in [-0.15, -0.1) is 0 Å². The van der Waals surface area contributed by atoms with Gasteiger partial charge < -0.3 is 9.13 Å². The highest BCUT2D eigenvalue weighted by Gasteiger charge is 2.20. The molecule has 5 aromatic carbocycles. The van der Waals surface area contributed by atoms with Gasteiger partial charge in [-0.25, -0.2) is 0 Å². The molecule has 2 heterocycles. The molecule has 0 radical (unpaired) electrons. The molecule has 156 valence electrons. The predicted molar refractivity (Wildman–Crippen MR) is 140 cm³/mol. The van der Waals surface area contributed by atoms with Crippen molar-refractivity contribution in [2.45, 2.75) is 6.92 Å². The number of benzene rings is 5. The van der Waals surface area contributed by atoms with E-state index in [1.807, 2.05) is 0 Å². The second kappa shape index (κ2) is 6.85. The lowest BCUT2D eigenvalue weighted by Gasteiger charge is -2.11. The van der Waals surface area contributed by atoms with Gasteiger partial charge in [-0.1, -0.05) is 72.8 Å². The third-order valence-corrected chi connectivity index (χ3v) is 6.87. The van der Waals surface area contributed by atoms with E-state index in [4.69, 9.17) is 0 Å². The van der Waals surface area contributed by atoms with Gasteiger partial charge in [-0.2, -0.15) is 0 Å². The topological polar surface area (TPSA) is 9.86 Å². The highest BCUT2D eigenvalue weighted by atomic mass is 15.0. The van der Waals surface area contributed by atoms with Gasteiger partial charge in [0, 0.05) is 32.9 Å². The van der Waals surface area contributed by atoms with Crippen molar-refractivity contribution in [3.05, 3.63) is 121 Å². The van der Waals surface area contributed by atoms with Gasteiger partial charge in [0.1, 0.15) is 0 Å². The van der Waals surface area contributed by atoms with Crippen LogP contribution in [0.15, 0.2) is 115 Å². The maximum absolute atomic E-state index is 2.41. The fourth-order valence-electron chi connectivity index (χ4n) is 5.55. The molecule has 0 amide bonds. The zero-order valence-corrected chi connectivity index (χ0v) is 18.4. The smallest absolute Gasteiger partial charge is 0.0565 e. The van der Waals surface area contributed by atoms with E-state index in [1.165, 1.54) is 60.5 Å². The lowest BCUT2D eigenvalue weighted by atomic mass is 10.0. The lowest BCUT2D eigenvalue weighted by molar-refractivity contribution is 1.16. The Morgan fingerprint density at radius 2 is 0.818 bits per heavy atom. The average Bonchev–Trinajstić information content (AvgIpc) is 3.38. The Hall–Kier alpha value is -4.30. The van der Waals surface area contributed by atoms with Crippen molar-refractivity contribution < 1.29 is 0 Å². The molecule has 0 N–H and O–H groups in total. The lowest BCUT2D eigenvalue weighted by Crippen LogP contribution is -1.96. The summed E-state index contributed by atoms with van der Waals surface area (Å²) in [5.74, 6) is 0. The second-order valence-corrected chi connectivity index (χ2v) is 8.67. The Morgan fingerprint density at radius 1 is 0.424 bits per heavy atom. The normalized spacial score (nSPS) is 11.8. The van der Waals surface area contributed by atoms with Gasteiger partial charge in [-0.3, -0.25) is 0 Å². The van der Waals surface area contributed by atoms with E-state index in [9.17, 15) is 0 Å². The maximum Gasteiger partial charge on any atom is 0.0565 e. The summed E-state index contributed by atoms with van der Waals surface area (Å²) >= 11 is 0. The Balaban J connectivity index is 1.75. The fraction of sp³-hybridized carbons (Fsp3) is 0.0323. The molecule has 0 aliphatic carbocycles. The van der Waals surface area contributed by atoms with Gasteiger partial charge in [-0.05, 0) is 55.0 Å². The Morgan fingerprint density at radius 3 is 1.27 bits per heavy atom. The van der Waals surface area contributed by atoms with E-state index >= 15 is 0 Å². The molecule has 0 atom stereocenters. The maximum atomic E-state index is 2.41. The summed E-state index contributed by atoms with van der Waals surface area (Å²) in [6.45, 7) is 2.29. The highest BCUT2D eigenvalue weighted by molar-refractivity contribution is 6.21.